The van der Waals surface area contributed by atoms with Crippen molar-refractivity contribution in [3.05, 3.63) is 49.0 Å². The number of hydrogen-bond donors (Lipinski definition) is 0. The lowest BCUT2D eigenvalue weighted by Crippen LogP contribution is -2.38. The third-order valence-electron chi connectivity index (χ3n) is 2.81. The molecule has 6 nitrogen and oxygen atoms in total. The maximum atomic E-state index is 11.9. The summed E-state index contributed by atoms with van der Waals surface area (Å²) in [6.07, 6.45) is 1.46. The lowest BCUT2D eigenvalue weighted by atomic mass is 10.3. The van der Waals surface area contributed by atoms with Crippen LogP contribution in [0.25, 0.3) is 0 Å². The van der Waals surface area contributed by atoms with Gasteiger partial charge >= 0.3 is 5.69 Å². The van der Waals surface area contributed by atoms with Crippen LogP contribution < -0.4 is 11.2 Å². The van der Waals surface area contributed by atoms with Gasteiger partial charge in [0.2, 0.25) is 0 Å². The van der Waals surface area contributed by atoms with Gasteiger partial charge < -0.3 is 4.57 Å². The molecule has 0 saturated heterocycles. The van der Waals surface area contributed by atoms with Crippen LogP contribution >= 0.6 is 15.9 Å². The van der Waals surface area contributed by atoms with Crippen molar-refractivity contribution >= 4 is 15.9 Å². The van der Waals surface area contributed by atoms with Gasteiger partial charge in [-0.15, -0.1) is 0 Å². The minimum absolute atomic E-state index is 0.199. The van der Waals surface area contributed by atoms with Crippen LogP contribution in [-0.4, -0.2) is 18.9 Å². The molecule has 0 atom stereocenters. The Kier molecular flexibility index (Phi) is 3.25. The largest absolute Gasteiger partial charge is 0.331 e. The van der Waals surface area contributed by atoms with Gasteiger partial charge in [0.1, 0.15) is 0 Å². The summed E-state index contributed by atoms with van der Waals surface area (Å²) in [6, 6.07) is 1.37. The molecule has 0 bridgehead atoms. The number of rotatable bonds is 2. The van der Waals surface area contributed by atoms with Gasteiger partial charge in [-0.25, -0.2) is 4.79 Å². The Balaban J connectivity index is 2.57. The summed E-state index contributed by atoms with van der Waals surface area (Å²) in [5.41, 5.74) is 0.961. The van der Waals surface area contributed by atoms with Gasteiger partial charge in [-0.05, 0) is 22.9 Å². The predicted octanol–water partition coefficient (Wildman–Crippen LogP) is 0.400. The van der Waals surface area contributed by atoms with Crippen LogP contribution in [0.5, 0.6) is 0 Å². The van der Waals surface area contributed by atoms with Crippen LogP contribution in [0.3, 0.4) is 0 Å². The minimum Gasteiger partial charge on any atom is -0.303 e. The molecule has 7 heteroatoms. The van der Waals surface area contributed by atoms with E-state index < -0.39 is 0 Å². The van der Waals surface area contributed by atoms with Gasteiger partial charge in [0.15, 0.2) is 0 Å². The smallest absolute Gasteiger partial charge is 0.303 e. The summed E-state index contributed by atoms with van der Waals surface area (Å²) in [7, 11) is 3.40. The molecule has 0 aromatic carbocycles. The summed E-state index contributed by atoms with van der Waals surface area (Å²) in [4.78, 5) is 23.6. The molecule has 0 radical (unpaired) electrons. The summed E-state index contributed by atoms with van der Waals surface area (Å²) in [5, 5.41) is 4.23. The average Bonchev–Trinajstić information content (AvgIpc) is 2.55. The molecule has 0 saturated carbocycles. The van der Waals surface area contributed by atoms with Gasteiger partial charge in [-0.1, -0.05) is 0 Å². The van der Waals surface area contributed by atoms with E-state index in [4.69, 9.17) is 0 Å². The molecule has 0 aliphatic heterocycles. The molecule has 0 aliphatic carbocycles. The van der Waals surface area contributed by atoms with Crippen molar-refractivity contribution in [2.45, 2.75) is 13.5 Å². The monoisotopic (exact) mass is 312 g/mol. The summed E-state index contributed by atoms with van der Waals surface area (Å²) in [6.45, 7) is 2.06. The number of halogens is 1. The fourth-order valence-electron chi connectivity index (χ4n) is 1.76. The third kappa shape index (κ3) is 2.05. The number of nitrogens with zero attached hydrogens (tertiary/aromatic N) is 4. The third-order valence-corrected chi connectivity index (χ3v) is 3.84. The highest BCUT2D eigenvalue weighted by Crippen LogP contribution is 2.20. The van der Waals surface area contributed by atoms with Crippen molar-refractivity contribution in [2.24, 2.45) is 14.1 Å². The number of aromatic nitrogens is 4. The fourth-order valence-corrected chi connectivity index (χ4v) is 2.22. The van der Waals surface area contributed by atoms with Gasteiger partial charge in [0.25, 0.3) is 5.56 Å². The highest BCUT2D eigenvalue weighted by molar-refractivity contribution is 9.10. The van der Waals surface area contributed by atoms with Gasteiger partial charge in [-0.3, -0.25) is 14.0 Å². The van der Waals surface area contributed by atoms with E-state index in [0.717, 1.165) is 15.9 Å². The highest BCUT2D eigenvalue weighted by Gasteiger charge is 2.13. The molecule has 0 spiro atoms. The second-order valence-corrected chi connectivity index (χ2v) is 4.90. The van der Waals surface area contributed by atoms with E-state index in [1.165, 1.54) is 21.4 Å². The Morgan fingerprint density at radius 2 is 2.00 bits per heavy atom. The van der Waals surface area contributed by atoms with E-state index in [9.17, 15) is 9.59 Å². The van der Waals surface area contributed by atoms with Crippen molar-refractivity contribution in [3.8, 4) is 0 Å². The van der Waals surface area contributed by atoms with Crippen LogP contribution in [0.15, 0.2) is 26.3 Å². The van der Waals surface area contributed by atoms with Gasteiger partial charge in [0.05, 0.1) is 22.4 Å². The quantitative estimate of drug-likeness (QED) is 0.806. The molecule has 2 heterocycles. The Morgan fingerprint density at radius 3 is 2.56 bits per heavy atom. The lowest BCUT2D eigenvalue weighted by molar-refractivity contribution is 0.597. The zero-order valence-electron chi connectivity index (χ0n) is 10.3. The highest BCUT2D eigenvalue weighted by atomic mass is 79.9. The van der Waals surface area contributed by atoms with Crippen molar-refractivity contribution in [1.82, 2.24) is 18.9 Å². The van der Waals surface area contributed by atoms with Gasteiger partial charge in [-0.2, -0.15) is 5.10 Å². The first-order valence-corrected chi connectivity index (χ1v) is 6.15. The molecule has 2 rings (SSSR count). The van der Waals surface area contributed by atoms with E-state index in [1.54, 1.807) is 18.8 Å². The zero-order valence-corrected chi connectivity index (χ0v) is 11.9. The van der Waals surface area contributed by atoms with E-state index >= 15 is 0 Å². The van der Waals surface area contributed by atoms with Crippen molar-refractivity contribution in [2.75, 3.05) is 0 Å². The standard InChI is InChI=1S/C11H13BrN4O2/c1-7-10(12)8(15(3)13-7)6-16-9(17)4-5-14(2)11(16)18/h4-5H,6H2,1-3H3. The van der Waals surface area contributed by atoms with Crippen molar-refractivity contribution in [1.29, 1.82) is 0 Å². The van der Waals surface area contributed by atoms with Crippen LogP contribution in [0, 0.1) is 6.92 Å². The second-order valence-electron chi connectivity index (χ2n) is 4.10. The van der Waals surface area contributed by atoms with Crippen LogP contribution in [-0.2, 0) is 20.6 Å². The fraction of sp³-hybridized carbons (Fsp3) is 0.364. The molecular weight excluding hydrogens is 300 g/mol. The summed E-state index contributed by atoms with van der Waals surface area (Å²) >= 11 is 3.42. The normalized spacial score (nSPS) is 10.9. The maximum absolute atomic E-state index is 11.9. The van der Waals surface area contributed by atoms with E-state index in [0.29, 0.717) is 0 Å². The van der Waals surface area contributed by atoms with E-state index in [2.05, 4.69) is 21.0 Å². The SMILES string of the molecule is Cc1nn(C)c(Cn2c(=O)ccn(C)c2=O)c1Br. The molecule has 0 unspecified atom stereocenters. The van der Waals surface area contributed by atoms with E-state index in [1.807, 2.05) is 6.92 Å². The summed E-state index contributed by atoms with van der Waals surface area (Å²) < 4.78 is 5.04. The maximum Gasteiger partial charge on any atom is 0.331 e. The average molecular weight is 313 g/mol. The molecule has 96 valence electrons. The second kappa shape index (κ2) is 4.56. The van der Waals surface area contributed by atoms with Crippen molar-refractivity contribution in [3.63, 3.8) is 0 Å². The molecule has 0 amide bonds. The summed E-state index contributed by atoms with van der Waals surface area (Å²) in [5.74, 6) is 0. The number of aryl methyl sites for hydroxylation is 3. The topological polar surface area (TPSA) is 61.8 Å². The molecule has 0 fully saturated rings. The predicted molar refractivity (Wildman–Crippen MR) is 70.7 cm³/mol. The molecule has 0 N–H and O–H groups in total. The Labute approximate surface area is 112 Å². The first kappa shape index (κ1) is 12.8. The first-order valence-electron chi connectivity index (χ1n) is 5.36. The molecule has 18 heavy (non-hydrogen) atoms. The molecule has 0 aliphatic rings. The van der Waals surface area contributed by atoms with Gasteiger partial charge in [0, 0.05) is 26.4 Å². The Morgan fingerprint density at radius 1 is 1.33 bits per heavy atom. The number of hydrogen-bond acceptors (Lipinski definition) is 3. The van der Waals surface area contributed by atoms with E-state index in [-0.39, 0.29) is 17.8 Å². The Bertz CT molecular complexity index is 711. The first-order chi connectivity index (χ1) is 8.41. The zero-order chi connectivity index (χ0) is 13.4. The van der Waals surface area contributed by atoms with Crippen LogP contribution in [0.1, 0.15) is 11.4 Å². The lowest BCUT2D eigenvalue weighted by Gasteiger charge is -2.07. The van der Waals surface area contributed by atoms with Crippen LogP contribution in [0.2, 0.25) is 0 Å². The Hall–Kier alpha value is -1.63. The molecule has 2 aromatic heterocycles. The van der Waals surface area contributed by atoms with Crippen molar-refractivity contribution < 1.29 is 0 Å². The molecular formula is C11H13BrN4O2. The minimum atomic E-state index is -0.340. The molecule has 2 aromatic rings. The van der Waals surface area contributed by atoms with Crippen LogP contribution in [0.4, 0.5) is 0 Å².